The van der Waals surface area contributed by atoms with Crippen LogP contribution in [0.4, 0.5) is 4.79 Å². The van der Waals surface area contributed by atoms with Gasteiger partial charge in [0.2, 0.25) is 0 Å². The lowest BCUT2D eigenvalue weighted by molar-refractivity contribution is 0.0302. The first kappa shape index (κ1) is 13.4. The molecule has 1 amide bonds. The summed E-state index contributed by atoms with van der Waals surface area (Å²) in [7, 11) is 0. The molecule has 2 fully saturated rings. The number of hydrogen-bond acceptors (Lipinski definition) is 3. The first-order chi connectivity index (χ1) is 9.84. The Hall–Kier alpha value is -1.55. The predicted molar refractivity (Wildman–Crippen MR) is 75.3 cm³/mol. The third-order valence-corrected chi connectivity index (χ3v) is 4.13. The number of ether oxygens (including phenoxy) is 2. The number of amides is 1. The summed E-state index contributed by atoms with van der Waals surface area (Å²) in [4.78, 5) is 14.1. The van der Waals surface area contributed by atoms with Crippen molar-refractivity contribution in [2.24, 2.45) is 0 Å². The van der Waals surface area contributed by atoms with Gasteiger partial charge in [0.15, 0.2) is 0 Å². The summed E-state index contributed by atoms with van der Waals surface area (Å²) < 4.78 is 11.2. The highest BCUT2D eigenvalue weighted by atomic mass is 16.6. The fourth-order valence-electron chi connectivity index (χ4n) is 3.11. The standard InChI is InChI=1S/C16H21NO3/c18-16(20-12-13-6-2-1-3-7-13)17-10-4-8-14(17)15-9-5-11-19-15/h1-3,6-7,14-15H,4-5,8-12H2/t14-,15+/m1/s1. The van der Waals surface area contributed by atoms with Crippen LogP contribution in [0.15, 0.2) is 30.3 Å². The Bertz CT molecular complexity index is 442. The lowest BCUT2D eigenvalue weighted by atomic mass is 10.1. The second kappa shape index (κ2) is 6.27. The van der Waals surface area contributed by atoms with Crippen molar-refractivity contribution >= 4 is 6.09 Å². The van der Waals surface area contributed by atoms with E-state index in [-0.39, 0.29) is 18.2 Å². The fourth-order valence-corrected chi connectivity index (χ4v) is 3.11. The van der Waals surface area contributed by atoms with E-state index in [2.05, 4.69) is 0 Å². The Balaban J connectivity index is 1.55. The van der Waals surface area contributed by atoms with Crippen molar-refractivity contribution in [1.29, 1.82) is 0 Å². The summed E-state index contributed by atoms with van der Waals surface area (Å²) in [5, 5.41) is 0. The summed E-state index contributed by atoms with van der Waals surface area (Å²) >= 11 is 0. The van der Waals surface area contributed by atoms with Crippen LogP contribution in [0.1, 0.15) is 31.2 Å². The number of benzene rings is 1. The Labute approximate surface area is 119 Å². The zero-order chi connectivity index (χ0) is 13.8. The molecule has 108 valence electrons. The lowest BCUT2D eigenvalue weighted by Crippen LogP contribution is -2.42. The number of nitrogens with zero attached hydrogens (tertiary/aromatic N) is 1. The minimum absolute atomic E-state index is 0.202. The van der Waals surface area contributed by atoms with Crippen LogP contribution in [0.25, 0.3) is 0 Å². The number of carbonyl (C=O) groups is 1. The van der Waals surface area contributed by atoms with Crippen LogP contribution < -0.4 is 0 Å². The zero-order valence-corrected chi connectivity index (χ0v) is 11.7. The Morgan fingerprint density at radius 1 is 1.25 bits per heavy atom. The minimum Gasteiger partial charge on any atom is -0.445 e. The molecule has 2 atom stereocenters. The van der Waals surface area contributed by atoms with Crippen molar-refractivity contribution in [3.8, 4) is 0 Å². The maximum Gasteiger partial charge on any atom is 0.410 e. The Kier molecular flexibility index (Phi) is 4.21. The third kappa shape index (κ3) is 2.96. The van der Waals surface area contributed by atoms with Gasteiger partial charge < -0.3 is 14.4 Å². The molecule has 0 aliphatic carbocycles. The van der Waals surface area contributed by atoms with E-state index >= 15 is 0 Å². The summed E-state index contributed by atoms with van der Waals surface area (Å²) in [6, 6.07) is 10.0. The van der Waals surface area contributed by atoms with Crippen molar-refractivity contribution < 1.29 is 14.3 Å². The maximum atomic E-state index is 12.2. The van der Waals surface area contributed by atoms with Gasteiger partial charge in [0.05, 0.1) is 12.1 Å². The summed E-state index contributed by atoms with van der Waals surface area (Å²) in [5.41, 5.74) is 1.02. The van der Waals surface area contributed by atoms with E-state index in [1.165, 1.54) is 0 Å². The van der Waals surface area contributed by atoms with Gasteiger partial charge in [0, 0.05) is 13.2 Å². The predicted octanol–water partition coefficient (Wildman–Crippen LogP) is 2.97. The van der Waals surface area contributed by atoms with Gasteiger partial charge in [-0.3, -0.25) is 0 Å². The molecule has 4 heteroatoms. The van der Waals surface area contributed by atoms with Crippen LogP contribution in [0.5, 0.6) is 0 Å². The molecule has 2 aliphatic heterocycles. The molecular weight excluding hydrogens is 254 g/mol. The lowest BCUT2D eigenvalue weighted by Gasteiger charge is -2.28. The molecule has 4 nitrogen and oxygen atoms in total. The Morgan fingerprint density at radius 3 is 2.85 bits per heavy atom. The molecule has 1 aromatic rings. The largest absolute Gasteiger partial charge is 0.445 e. The molecule has 0 bridgehead atoms. The number of carbonyl (C=O) groups excluding carboxylic acids is 1. The second-order valence-electron chi connectivity index (χ2n) is 5.49. The average molecular weight is 275 g/mol. The highest BCUT2D eigenvalue weighted by Gasteiger charge is 2.37. The van der Waals surface area contributed by atoms with Crippen molar-refractivity contribution in [2.45, 2.75) is 44.4 Å². The molecule has 3 rings (SSSR count). The Morgan fingerprint density at radius 2 is 2.10 bits per heavy atom. The van der Waals surface area contributed by atoms with E-state index in [1.807, 2.05) is 35.2 Å². The van der Waals surface area contributed by atoms with Crippen molar-refractivity contribution in [3.05, 3.63) is 35.9 Å². The number of likely N-dealkylation sites (tertiary alicyclic amines) is 1. The molecule has 2 heterocycles. The molecular formula is C16H21NO3. The van der Waals surface area contributed by atoms with Crippen LogP contribution in [0.2, 0.25) is 0 Å². The molecule has 0 N–H and O–H groups in total. The molecule has 2 saturated heterocycles. The van der Waals surface area contributed by atoms with Crippen molar-refractivity contribution in [1.82, 2.24) is 4.90 Å². The van der Waals surface area contributed by atoms with E-state index < -0.39 is 0 Å². The molecule has 1 aromatic carbocycles. The van der Waals surface area contributed by atoms with Gasteiger partial charge in [-0.1, -0.05) is 30.3 Å². The smallest absolute Gasteiger partial charge is 0.410 e. The van der Waals surface area contributed by atoms with Gasteiger partial charge in [-0.2, -0.15) is 0 Å². The van der Waals surface area contributed by atoms with Gasteiger partial charge in [-0.25, -0.2) is 4.79 Å². The average Bonchev–Trinajstić information content (AvgIpc) is 3.15. The summed E-state index contributed by atoms with van der Waals surface area (Å²) in [5.74, 6) is 0. The highest BCUT2D eigenvalue weighted by molar-refractivity contribution is 5.68. The molecule has 0 aromatic heterocycles. The normalized spacial score (nSPS) is 25.9. The van der Waals surface area contributed by atoms with E-state index in [1.54, 1.807) is 0 Å². The van der Waals surface area contributed by atoms with Crippen LogP contribution in [-0.4, -0.2) is 36.3 Å². The minimum atomic E-state index is -0.202. The van der Waals surface area contributed by atoms with Crippen molar-refractivity contribution in [3.63, 3.8) is 0 Å². The molecule has 0 saturated carbocycles. The topological polar surface area (TPSA) is 38.8 Å². The summed E-state index contributed by atoms with van der Waals surface area (Å²) in [6.07, 6.45) is 4.26. The first-order valence-electron chi connectivity index (χ1n) is 7.43. The molecule has 0 unspecified atom stereocenters. The second-order valence-corrected chi connectivity index (χ2v) is 5.49. The van der Waals surface area contributed by atoms with Crippen LogP contribution in [0, 0.1) is 0 Å². The molecule has 0 spiro atoms. The van der Waals surface area contributed by atoms with Gasteiger partial charge in [0.25, 0.3) is 0 Å². The van der Waals surface area contributed by atoms with Gasteiger partial charge in [-0.15, -0.1) is 0 Å². The van der Waals surface area contributed by atoms with Gasteiger partial charge in [-0.05, 0) is 31.2 Å². The number of hydrogen-bond donors (Lipinski definition) is 0. The van der Waals surface area contributed by atoms with Crippen LogP contribution >= 0.6 is 0 Å². The van der Waals surface area contributed by atoms with Crippen molar-refractivity contribution in [2.75, 3.05) is 13.2 Å². The fraction of sp³-hybridized carbons (Fsp3) is 0.562. The first-order valence-corrected chi connectivity index (χ1v) is 7.43. The van der Waals surface area contributed by atoms with E-state index in [0.717, 1.165) is 44.4 Å². The number of rotatable bonds is 3. The third-order valence-electron chi connectivity index (χ3n) is 4.13. The van der Waals surface area contributed by atoms with E-state index in [0.29, 0.717) is 6.61 Å². The van der Waals surface area contributed by atoms with Crippen LogP contribution in [0.3, 0.4) is 0 Å². The monoisotopic (exact) mass is 275 g/mol. The van der Waals surface area contributed by atoms with Gasteiger partial charge >= 0.3 is 6.09 Å². The molecule has 0 radical (unpaired) electrons. The summed E-state index contributed by atoms with van der Waals surface area (Å²) in [6.45, 7) is 1.96. The van der Waals surface area contributed by atoms with Gasteiger partial charge in [0.1, 0.15) is 6.61 Å². The maximum absolute atomic E-state index is 12.2. The SMILES string of the molecule is O=C(OCc1ccccc1)N1CCC[C@@H]1[C@@H]1CCCO1. The van der Waals surface area contributed by atoms with E-state index in [4.69, 9.17) is 9.47 Å². The molecule has 20 heavy (non-hydrogen) atoms. The molecule has 2 aliphatic rings. The zero-order valence-electron chi connectivity index (χ0n) is 11.7. The van der Waals surface area contributed by atoms with E-state index in [9.17, 15) is 4.79 Å². The quantitative estimate of drug-likeness (QED) is 0.851. The highest BCUT2D eigenvalue weighted by Crippen LogP contribution is 2.28. The van der Waals surface area contributed by atoms with Crippen LogP contribution in [-0.2, 0) is 16.1 Å².